The van der Waals surface area contributed by atoms with Crippen LogP contribution >= 0.6 is 8.03 Å². The maximum Gasteiger partial charge on any atom is 0.511 e. The Hall–Kier alpha value is 0.0600. The summed E-state index contributed by atoms with van der Waals surface area (Å²) in [4.78, 5) is 0. The van der Waals surface area contributed by atoms with E-state index in [0.717, 1.165) is 25.7 Å². The minimum absolute atomic E-state index is 0.298. The Kier molecular flexibility index (Phi) is 11.6. The van der Waals surface area contributed by atoms with E-state index >= 15 is 0 Å². The fourth-order valence-corrected chi connectivity index (χ4v) is 2.95. The van der Waals surface area contributed by atoms with Crippen LogP contribution < -0.4 is 0 Å². The molecule has 0 aromatic heterocycles. The quantitative estimate of drug-likeness (QED) is 0.366. The van der Waals surface area contributed by atoms with E-state index in [9.17, 15) is 4.57 Å². The lowest BCUT2D eigenvalue weighted by atomic mass is 10.1. The summed E-state index contributed by atoms with van der Waals surface area (Å²) in [5.74, 6) is 0. The van der Waals surface area contributed by atoms with Gasteiger partial charge in [0.05, 0.1) is 0 Å². The summed E-state index contributed by atoms with van der Waals surface area (Å²) in [7, 11) is -1.43. The van der Waals surface area contributed by atoms with Crippen molar-refractivity contribution in [3.8, 4) is 0 Å². The van der Waals surface area contributed by atoms with Gasteiger partial charge in [-0.2, -0.15) is 0 Å². The van der Waals surface area contributed by atoms with Crippen LogP contribution in [0.4, 0.5) is 0 Å². The highest BCUT2D eigenvalue weighted by atomic mass is 31.1. The van der Waals surface area contributed by atoms with E-state index < -0.39 is 8.03 Å². The smallest absolute Gasteiger partial charge is 0.146 e. The number of hydrogen-bond donors (Lipinski definition) is 0. The maximum absolute atomic E-state index is 12.0. The number of rotatable bonds is 11. The Morgan fingerprint density at radius 3 is 1.88 bits per heavy atom. The predicted molar refractivity (Wildman–Crippen MR) is 71.3 cm³/mol. The first-order valence-electron chi connectivity index (χ1n) is 6.85. The predicted octanol–water partition coefficient (Wildman–Crippen LogP) is 5.29. The van der Waals surface area contributed by atoms with Crippen LogP contribution in [-0.2, 0) is 9.09 Å². The van der Waals surface area contributed by atoms with E-state index in [0.29, 0.717) is 12.3 Å². The number of hydrogen-bond acceptors (Lipinski definition) is 2. The molecule has 16 heavy (non-hydrogen) atoms. The van der Waals surface area contributed by atoms with Gasteiger partial charge in [0, 0.05) is 0 Å². The summed E-state index contributed by atoms with van der Waals surface area (Å²) in [5, 5.41) is 0. The molecule has 0 heterocycles. The number of unbranched alkanes of at least 4 members (excludes halogenated alkanes) is 3. The van der Waals surface area contributed by atoms with Gasteiger partial charge in [0.2, 0.25) is 0 Å². The van der Waals surface area contributed by atoms with Crippen molar-refractivity contribution in [2.45, 2.75) is 77.8 Å². The minimum atomic E-state index is -1.43. The molecule has 0 aliphatic rings. The zero-order valence-electron chi connectivity index (χ0n) is 11.2. The van der Waals surface area contributed by atoms with Gasteiger partial charge < -0.3 is 0 Å². The van der Waals surface area contributed by atoms with Crippen molar-refractivity contribution in [2.24, 2.45) is 0 Å². The molecule has 0 aliphatic heterocycles. The maximum atomic E-state index is 12.0. The second-order valence-electron chi connectivity index (χ2n) is 4.41. The van der Waals surface area contributed by atoms with Crippen molar-refractivity contribution in [1.82, 2.24) is 0 Å². The highest BCUT2D eigenvalue weighted by molar-refractivity contribution is 7.40. The third kappa shape index (κ3) is 8.24. The van der Waals surface area contributed by atoms with Crippen LogP contribution in [0, 0.1) is 0 Å². The fraction of sp³-hybridized carbons (Fsp3) is 1.00. The summed E-state index contributed by atoms with van der Waals surface area (Å²) in [6.45, 7) is 7.16. The zero-order valence-corrected chi connectivity index (χ0v) is 12.1. The first kappa shape index (κ1) is 16.1. The summed E-state index contributed by atoms with van der Waals surface area (Å²) >= 11 is 0. The van der Waals surface area contributed by atoms with Gasteiger partial charge in [-0.3, -0.25) is 0 Å². The van der Waals surface area contributed by atoms with Gasteiger partial charge in [-0.1, -0.05) is 40.0 Å². The highest BCUT2D eigenvalue weighted by Crippen LogP contribution is 2.36. The standard InChI is InChI=1S/C13H28O2P/c1-4-7-10-13(11-8-5-2)16(14)15-12-9-6-3/h13H,4-12H2,1-3H3/q+1. The summed E-state index contributed by atoms with van der Waals surface area (Å²) < 4.78 is 17.4. The molecule has 0 aromatic rings. The first-order valence-corrected chi connectivity index (χ1v) is 8.10. The van der Waals surface area contributed by atoms with E-state index in [1.807, 2.05) is 0 Å². The molecule has 0 saturated carbocycles. The van der Waals surface area contributed by atoms with Gasteiger partial charge in [0.15, 0.2) is 5.66 Å². The zero-order chi connectivity index (χ0) is 12.2. The molecule has 0 saturated heterocycles. The lowest BCUT2D eigenvalue weighted by molar-refractivity contribution is 0.311. The largest absolute Gasteiger partial charge is 0.511 e. The van der Waals surface area contributed by atoms with Gasteiger partial charge in [-0.15, -0.1) is 4.52 Å². The topological polar surface area (TPSA) is 26.3 Å². The molecule has 0 rings (SSSR count). The van der Waals surface area contributed by atoms with Gasteiger partial charge in [-0.05, 0) is 36.7 Å². The van der Waals surface area contributed by atoms with E-state index in [1.165, 1.54) is 25.7 Å². The lowest BCUT2D eigenvalue weighted by Crippen LogP contribution is -2.04. The van der Waals surface area contributed by atoms with Crippen LogP contribution in [0.5, 0.6) is 0 Å². The van der Waals surface area contributed by atoms with Crippen molar-refractivity contribution in [1.29, 1.82) is 0 Å². The van der Waals surface area contributed by atoms with Crippen LogP contribution in [0.3, 0.4) is 0 Å². The summed E-state index contributed by atoms with van der Waals surface area (Å²) in [6.07, 6.45) is 8.98. The van der Waals surface area contributed by atoms with E-state index in [-0.39, 0.29) is 0 Å². The molecule has 1 unspecified atom stereocenters. The molecule has 0 bridgehead atoms. The van der Waals surface area contributed by atoms with E-state index in [1.54, 1.807) is 0 Å². The van der Waals surface area contributed by atoms with Crippen LogP contribution in [-0.4, -0.2) is 12.3 Å². The molecule has 0 aliphatic carbocycles. The second kappa shape index (κ2) is 11.5. The van der Waals surface area contributed by atoms with Crippen molar-refractivity contribution in [3.63, 3.8) is 0 Å². The van der Waals surface area contributed by atoms with Crippen molar-refractivity contribution in [3.05, 3.63) is 0 Å². The minimum Gasteiger partial charge on any atom is -0.146 e. The lowest BCUT2D eigenvalue weighted by Gasteiger charge is -2.05. The molecule has 0 fully saturated rings. The molecule has 3 heteroatoms. The third-order valence-electron chi connectivity index (χ3n) is 2.80. The summed E-state index contributed by atoms with van der Waals surface area (Å²) in [5.41, 5.74) is 0.298. The Morgan fingerprint density at radius 2 is 1.44 bits per heavy atom. The van der Waals surface area contributed by atoms with E-state index in [2.05, 4.69) is 20.8 Å². The Bertz CT molecular complexity index is 163. The van der Waals surface area contributed by atoms with Crippen molar-refractivity contribution < 1.29 is 9.09 Å². The molecule has 96 valence electrons. The second-order valence-corrected chi connectivity index (χ2v) is 5.97. The molecular formula is C13H28O2P+. The van der Waals surface area contributed by atoms with Gasteiger partial charge in [0.1, 0.15) is 6.61 Å². The summed E-state index contributed by atoms with van der Waals surface area (Å²) in [6, 6.07) is 0. The normalized spacial score (nSPS) is 12.1. The monoisotopic (exact) mass is 247 g/mol. The molecular weight excluding hydrogens is 219 g/mol. The van der Waals surface area contributed by atoms with Crippen LogP contribution in [0.2, 0.25) is 0 Å². The molecule has 0 amide bonds. The van der Waals surface area contributed by atoms with E-state index in [4.69, 9.17) is 4.52 Å². The molecule has 2 nitrogen and oxygen atoms in total. The average molecular weight is 247 g/mol. The van der Waals surface area contributed by atoms with Gasteiger partial charge in [-0.25, -0.2) is 0 Å². The van der Waals surface area contributed by atoms with Crippen LogP contribution in [0.1, 0.15) is 72.1 Å². The molecule has 0 aromatic carbocycles. The van der Waals surface area contributed by atoms with Gasteiger partial charge >= 0.3 is 8.03 Å². The van der Waals surface area contributed by atoms with Crippen molar-refractivity contribution >= 4 is 8.03 Å². The van der Waals surface area contributed by atoms with Gasteiger partial charge in [0.25, 0.3) is 0 Å². The Balaban J connectivity index is 3.88. The molecule has 0 radical (unpaired) electrons. The average Bonchev–Trinajstić information content (AvgIpc) is 2.29. The fourth-order valence-electron chi connectivity index (χ4n) is 1.64. The van der Waals surface area contributed by atoms with Crippen molar-refractivity contribution in [2.75, 3.05) is 6.61 Å². The third-order valence-corrected chi connectivity index (χ3v) is 4.35. The SMILES string of the molecule is CCCCO[P+](=O)C(CCCC)CCCC. The first-order chi connectivity index (χ1) is 7.76. The Morgan fingerprint density at radius 1 is 0.938 bits per heavy atom. The molecule has 0 N–H and O–H groups in total. The molecule has 0 spiro atoms. The highest BCUT2D eigenvalue weighted by Gasteiger charge is 2.31. The molecule has 1 atom stereocenters. The Labute approximate surface area is 102 Å². The van der Waals surface area contributed by atoms with Crippen LogP contribution in [0.25, 0.3) is 0 Å². The van der Waals surface area contributed by atoms with Crippen LogP contribution in [0.15, 0.2) is 0 Å².